The van der Waals surface area contributed by atoms with Crippen LogP contribution in [0.25, 0.3) is 0 Å². The van der Waals surface area contributed by atoms with E-state index in [4.69, 9.17) is 0 Å². The fourth-order valence-electron chi connectivity index (χ4n) is 0.397. The first-order valence-electron chi connectivity index (χ1n) is 2.53. The third kappa shape index (κ3) is 4.17. The smallest absolute Gasteiger partial charge is 0.215 e. The number of hydrogen-bond acceptors (Lipinski definition) is 2. The van der Waals surface area contributed by atoms with E-state index in [2.05, 4.69) is 11.3 Å². The Hall–Kier alpha value is -0.350. The van der Waals surface area contributed by atoms with Gasteiger partial charge in [-0.3, -0.25) is 0 Å². The molecule has 0 unspecified atom stereocenters. The highest BCUT2D eigenvalue weighted by atomic mass is 32.2. The molecule has 4 heteroatoms. The minimum Gasteiger partial charge on any atom is -0.218 e. The molecule has 0 aliphatic heterocycles. The van der Waals surface area contributed by atoms with Crippen LogP contribution in [0.15, 0.2) is 12.2 Å². The van der Waals surface area contributed by atoms with E-state index in [1.54, 1.807) is 6.92 Å². The fourth-order valence-corrected chi connectivity index (χ4v) is 1.19. The summed E-state index contributed by atoms with van der Waals surface area (Å²) in [6.07, 6.45) is 0. The monoisotopic (exact) mass is 149 g/mol. The fraction of sp³-hybridized carbons (Fsp3) is 0.600. The normalized spacial score (nSPS) is 11.3. The van der Waals surface area contributed by atoms with Crippen molar-refractivity contribution < 1.29 is 8.42 Å². The lowest BCUT2D eigenvalue weighted by molar-refractivity contribution is 0.590. The molecule has 1 N–H and O–H groups in total. The number of hydrogen-bond donors (Lipinski definition) is 1. The third-order valence-electron chi connectivity index (χ3n) is 0.747. The Balaban J connectivity index is 4.06. The van der Waals surface area contributed by atoms with Crippen LogP contribution in [0.2, 0.25) is 0 Å². The van der Waals surface area contributed by atoms with E-state index in [9.17, 15) is 8.42 Å². The zero-order valence-electron chi connectivity index (χ0n) is 5.64. The molecule has 9 heavy (non-hydrogen) atoms. The molecule has 0 spiro atoms. The summed E-state index contributed by atoms with van der Waals surface area (Å²) in [5.41, 5.74) is 0.643. The van der Waals surface area contributed by atoms with Crippen molar-refractivity contribution in [3.63, 3.8) is 0 Å². The Morgan fingerprint density at radius 1 is 1.67 bits per heavy atom. The van der Waals surface area contributed by atoms with Gasteiger partial charge in [-0.15, -0.1) is 0 Å². The second kappa shape index (κ2) is 2.98. The van der Waals surface area contributed by atoms with Crippen LogP contribution < -0.4 is 4.72 Å². The highest BCUT2D eigenvalue weighted by Gasteiger charge is 2.04. The predicted molar refractivity (Wildman–Crippen MR) is 37.7 cm³/mol. The Morgan fingerprint density at radius 2 is 2.11 bits per heavy atom. The standard InChI is InChI=1S/C5H11NO2S/c1-5(2)4-9(7,8)6-3/h6H,1,4H2,2-3H3. The van der Waals surface area contributed by atoms with Crippen molar-refractivity contribution in [1.82, 2.24) is 4.72 Å². The molecule has 0 aromatic rings. The summed E-state index contributed by atoms with van der Waals surface area (Å²) in [6, 6.07) is 0. The summed E-state index contributed by atoms with van der Waals surface area (Å²) in [5, 5.41) is 0. The minimum atomic E-state index is -3.07. The number of rotatable bonds is 3. The van der Waals surface area contributed by atoms with Crippen LogP contribution in [0.5, 0.6) is 0 Å². The second-order valence-electron chi connectivity index (χ2n) is 1.92. The average molecular weight is 149 g/mol. The van der Waals surface area contributed by atoms with E-state index in [1.807, 2.05) is 0 Å². The molecule has 0 aliphatic rings. The highest BCUT2D eigenvalue weighted by Crippen LogP contribution is 1.91. The van der Waals surface area contributed by atoms with E-state index in [0.29, 0.717) is 5.57 Å². The Labute approximate surface area is 55.8 Å². The van der Waals surface area contributed by atoms with Crippen molar-refractivity contribution in [3.05, 3.63) is 12.2 Å². The molecule has 0 atom stereocenters. The molecular formula is C5H11NO2S. The van der Waals surface area contributed by atoms with Crippen molar-refractivity contribution in [1.29, 1.82) is 0 Å². The maximum atomic E-state index is 10.6. The average Bonchev–Trinajstić information content (AvgIpc) is 1.63. The van der Waals surface area contributed by atoms with Crippen LogP contribution in [-0.2, 0) is 10.0 Å². The lowest BCUT2D eigenvalue weighted by atomic mass is 10.4. The van der Waals surface area contributed by atoms with Crippen LogP contribution in [0.4, 0.5) is 0 Å². The number of sulfonamides is 1. The van der Waals surface area contributed by atoms with Gasteiger partial charge in [0.25, 0.3) is 0 Å². The van der Waals surface area contributed by atoms with Gasteiger partial charge in [0.2, 0.25) is 10.0 Å². The molecule has 0 saturated carbocycles. The molecule has 0 fully saturated rings. The van der Waals surface area contributed by atoms with Crippen LogP contribution in [0, 0.1) is 0 Å². The first-order chi connectivity index (χ1) is 3.98. The molecule has 54 valence electrons. The zero-order valence-corrected chi connectivity index (χ0v) is 6.46. The third-order valence-corrected chi connectivity index (χ3v) is 2.24. The van der Waals surface area contributed by atoms with Gasteiger partial charge < -0.3 is 0 Å². The molecule has 0 aromatic carbocycles. The van der Waals surface area contributed by atoms with Gasteiger partial charge in [-0.25, -0.2) is 13.1 Å². The minimum absolute atomic E-state index is 0.0174. The largest absolute Gasteiger partial charge is 0.218 e. The first kappa shape index (κ1) is 8.65. The summed E-state index contributed by atoms with van der Waals surface area (Å²) < 4.78 is 23.5. The van der Waals surface area contributed by atoms with E-state index in [-0.39, 0.29) is 5.75 Å². The van der Waals surface area contributed by atoms with Crippen molar-refractivity contribution in [2.45, 2.75) is 6.92 Å². The summed E-state index contributed by atoms with van der Waals surface area (Å²) in [6.45, 7) is 5.14. The molecule has 0 amide bonds. The lowest BCUT2D eigenvalue weighted by Crippen LogP contribution is -2.22. The van der Waals surface area contributed by atoms with Gasteiger partial charge >= 0.3 is 0 Å². The Morgan fingerprint density at radius 3 is 2.22 bits per heavy atom. The second-order valence-corrected chi connectivity index (χ2v) is 3.85. The molecule has 0 bridgehead atoms. The molecule has 0 heterocycles. The highest BCUT2D eigenvalue weighted by molar-refractivity contribution is 7.89. The molecule has 0 aromatic heterocycles. The van der Waals surface area contributed by atoms with Gasteiger partial charge in [-0.2, -0.15) is 0 Å². The van der Waals surface area contributed by atoms with Gasteiger partial charge in [0.1, 0.15) is 0 Å². The van der Waals surface area contributed by atoms with Gasteiger partial charge in [0, 0.05) is 0 Å². The Bertz CT molecular complexity index is 193. The van der Waals surface area contributed by atoms with Crippen LogP contribution in [0.1, 0.15) is 6.92 Å². The molecule has 0 radical (unpaired) electrons. The Kier molecular flexibility index (Phi) is 2.87. The van der Waals surface area contributed by atoms with Crippen molar-refractivity contribution in [2.24, 2.45) is 0 Å². The summed E-state index contributed by atoms with van der Waals surface area (Å²) >= 11 is 0. The van der Waals surface area contributed by atoms with Gasteiger partial charge in [0.05, 0.1) is 5.75 Å². The molecule has 0 saturated heterocycles. The molecule has 3 nitrogen and oxygen atoms in total. The van der Waals surface area contributed by atoms with E-state index < -0.39 is 10.0 Å². The lowest BCUT2D eigenvalue weighted by Gasteiger charge is -1.98. The van der Waals surface area contributed by atoms with Gasteiger partial charge in [-0.05, 0) is 14.0 Å². The van der Waals surface area contributed by atoms with Gasteiger partial charge in [0.15, 0.2) is 0 Å². The van der Waals surface area contributed by atoms with Gasteiger partial charge in [-0.1, -0.05) is 12.2 Å². The van der Waals surface area contributed by atoms with Crippen molar-refractivity contribution >= 4 is 10.0 Å². The van der Waals surface area contributed by atoms with Crippen molar-refractivity contribution in [3.8, 4) is 0 Å². The molecule has 0 rings (SSSR count). The summed E-state index contributed by atoms with van der Waals surface area (Å²) in [7, 11) is -1.68. The van der Waals surface area contributed by atoms with E-state index in [1.165, 1.54) is 7.05 Å². The number of nitrogens with one attached hydrogen (secondary N) is 1. The van der Waals surface area contributed by atoms with Crippen molar-refractivity contribution in [2.75, 3.05) is 12.8 Å². The molecular weight excluding hydrogens is 138 g/mol. The van der Waals surface area contributed by atoms with Crippen LogP contribution in [0.3, 0.4) is 0 Å². The topological polar surface area (TPSA) is 46.2 Å². The van der Waals surface area contributed by atoms with E-state index >= 15 is 0 Å². The maximum Gasteiger partial charge on any atom is 0.215 e. The van der Waals surface area contributed by atoms with Crippen LogP contribution in [-0.4, -0.2) is 21.2 Å². The van der Waals surface area contributed by atoms with E-state index in [0.717, 1.165) is 0 Å². The predicted octanol–water partition coefficient (Wildman–Crippen LogP) is 0.112. The summed E-state index contributed by atoms with van der Waals surface area (Å²) in [4.78, 5) is 0. The maximum absolute atomic E-state index is 10.6. The summed E-state index contributed by atoms with van der Waals surface area (Å²) in [5.74, 6) is 0.0174. The zero-order chi connectivity index (χ0) is 7.49. The SMILES string of the molecule is C=C(C)CS(=O)(=O)NC. The molecule has 0 aliphatic carbocycles. The van der Waals surface area contributed by atoms with Crippen LogP contribution >= 0.6 is 0 Å². The first-order valence-corrected chi connectivity index (χ1v) is 4.19. The quantitative estimate of drug-likeness (QED) is 0.579.